The zero-order valence-corrected chi connectivity index (χ0v) is 20.4. The van der Waals surface area contributed by atoms with Crippen LogP contribution in [0, 0.1) is 0 Å². The Labute approximate surface area is 206 Å². The van der Waals surface area contributed by atoms with E-state index in [-0.39, 0.29) is 11.6 Å². The van der Waals surface area contributed by atoms with Gasteiger partial charge in [0.05, 0.1) is 28.9 Å². The molecule has 184 valence electrons. The minimum atomic E-state index is -0.889. The summed E-state index contributed by atoms with van der Waals surface area (Å²) in [6, 6.07) is 14.5. The molecule has 2 fully saturated rings. The number of aryl methyl sites for hydroxylation is 1. The number of rotatable bonds is 5. The number of fused-ring (bicyclic) bond motifs is 3. The SMILES string of the molecule is C[C@H]1CCc2c(ccc3c2nc(Cc2ccccc2)n3CCN2CCC3(CCO3)CC2)N1C(=O)O. The molecule has 0 bridgehead atoms. The van der Waals surface area contributed by atoms with Crippen LogP contribution >= 0.6 is 0 Å². The first-order valence-corrected chi connectivity index (χ1v) is 13.0. The van der Waals surface area contributed by atoms with Gasteiger partial charge in [0.25, 0.3) is 0 Å². The van der Waals surface area contributed by atoms with Gasteiger partial charge in [-0.05, 0) is 56.7 Å². The molecule has 3 aromatic rings. The van der Waals surface area contributed by atoms with Crippen molar-refractivity contribution in [2.75, 3.05) is 31.1 Å². The summed E-state index contributed by atoms with van der Waals surface area (Å²) in [5.41, 5.74) is 5.35. The molecule has 35 heavy (non-hydrogen) atoms. The summed E-state index contributed by atoms with van der Waals surface area (Å²) >= 11 is 0. The van der Waals surface area contributed by atoms with Crippen LogP contribution in [-0.4, -0.2) is 63.5 Å². The molecule has 1 aromatic heterocycles. The molecule has 1 atom stereocenters. The second-order valence-electron chi connectivity index (χ2n) is 10.4. The van der Waals surface area contributed by atoms with Crippen LogP contribution in [0.25, 0.3) is 11.0 Å². The number of aromatic nitrogens is 2. The number of carbonyl (C=O) groups is 1. The quantitative estimate of drug-likeness (QED) is 0.580. The minimum Gasteiger partial charge on any atom is -0.465 e. The lowest BCUT2D eigenvalue weighted by atomic mass is 9.84. The summed E-state index contributed by atoms with van der Waals surface area (Å²) in [6.07, 6.45) is 5.02. The molecule has 6 rings (SSSR count). The Hall–Kier alpha value is -2.90. The highest BCUT2D eigenvalue weighted by Crippen LogP contribution is 2.38. The maximum atomic E-state index is 12.0. The maximum absolute atomic E-state index is 12.0. The summed E-state index contributed by atoms with van der Waals surface area (Å²) in [5.74, 6) is 1.05. The smallest absolute Gasteiger partial charge is 0.412 e. The lowest BCUT2D eigenvalue weighted by Crippen LogP contribution is -2.52. The van der Waals surface area contributed by atoms with Crippen molar-refractivity contribution in [2.24, 2.45) is 0 Å². The topological polar surface area (TPSA) is 70.8 Å². The molecule has 3 aliphatic rings. The first-order valence-electron chi connectivity index (χ1n) is 13.0. The van der Waals surface area contributed by atoms with Crippen LogP contribution in [0.3, 0.4) is 0 Å². The van der Waals surface area contributed by atoms with E-state index in [0.717, 1.165) is 93.0 Å². The number of ether oxygens (including phenoxy) is 1. The standard InChI is InChI=1S/C28H34N4O3/c1-20-7-8-22-23(32(20)27(33)34)9-10-24-26(22)29-25(19-21-5-3-2-4-6-21)31(24)17-16-30-14-11-28(12-15-30)13-18-35-28/h2-6,9-10,20H,7-8,11-19H2,1H3,(H,33,34)/t20-/m0/s1. The van der Waals surface area contributed by atoms with Crippen molar-refractivity contribution >= 4 is 22.8 Å². The van der Waals surface area contributed by atoms with Crippen molar-refractivity contribution in [1.29, 1.82) is 0 Å². The van der Waals surface area contributed by atoms with E-state index >= 15 is 0 Å². The van der Waals surface area contributed by atoms with Gasteiger partial charge in [-0.2, -0.15) is 0 Å². The van der Waals surface area contributed by atoms with Crippen LogP contribution in [0.5, 0.6) is 0 Å². The van der Waals surface area contributed by atoms with E-state index in [1.54, 1.807) is 0 Å². The Morgan fingerprint density at radius 1 is 1.11 bits per heavy atom. The van der Waals surface area contributed by atoms with Crippen LogP contribution in [0.15, 0.2) is 42.5 Å². The second kappa shape index (κ2) is 8.95. The van der Waals surface area contributed by atoms with Gasteiger partial charge in [0.15, 0.2) is 0 Å². The number of imidazole rings is 1. The number of hydrogen-bond donors (Lipinski definition) is 1. The third-order valence-electron chi connectivity index (χ3n) is 8.38. The molecule has 7 nitrogen and oxygen atoms in total. The molecule has 1 N–H and O–H groups in total. The number of amides is 1. The van der Waals surface area contributed by atoms with Crippen molar-refractivity contribution in [1.82, 2.24) is 14.5 Å². The predicted molar refractivity (Wildman–Crippen MR) is 136 cm³/mol. The summed E-state index contributed by atoms with van der Waals surface area (Å²) in [5, 5.41) is 9.86. The molecule has 1 spiro atoms. The number of piperidine rings is 1. The van der Waals surface area contributed by atoms with Crippen molar-refractivity contribution in [2.45, 2.75) is 63.6 Å². The van der Waals surface area contributed by atoms with Gasteiger partial charge >= 0.3 is 6.09 Å². The van der Waals surface area contributed by atoms with E-state index in [1.165, 1.54) is 16.9 Å². The van der Waals surface area contributed by atoms with E-state index in [9.17, 15) is 9.90 Å². The Kier molecular flexibility index (Phi) is 5.77. The van der Waals surface area contributed by atoms with E-state index in [0.29, 0.717) is 0 Å². The summed E-state index contributed by atoms with van der Waals surface area (Å²) in [4.78, 5) is 21.2. The van der Waals surface area contributed by atoms with E-state index in [1.807, 2.05) is 19.1 Å². The average molecular weight is 475 g/mol. The van der Waals surface area contributed by atoms with Crippen molar-refractivity contribution in [3.05, 3.63) is 59.4 Å². The fraction of sp³-hybridized carbons (Fsp3) is 0.500. The normalized spacial score (nSPS) is 21.7. The van der Waals surface area contributed by atoms with Gasteiger partial charge in [-0.15, -0.1) is 0 Å². The van der Waals surface area contributed by atoms with Gasteiger partial charge in [0.2, 0.25) is 0 Å². The zero-order chi connectivity index (χ0) is 24.0. The molecule has 0 aliphatic carbocycles. The maximum Gasteiger partial charge on any atom is 0.412 e. The molecule has 0 saturated carbocycles. The van der Waals surface area contributed by atoms with Gasteiger partial charge in [0, 0.05) is 44.2 Å². The van der Waals surface area contributed by atoms with Crippen molar-refractivity contribution < 1.29 is 14.6 Å². The lowest BCUT2D eigenvalue weighted by molar-refractivity contribution is -0.172. The van der Waals surface area contributed by atoms with Crippen LogP contribution < -0.4 is 4.90 Å². The van der Waals surface area contributed by atoms with Crippen molar-refractivity contribution in [3.8, 4) is 0 Å². The van der Waals surface area contributed by atoms with Gasteiger partial charge in [-0.25, -0.2) is 9.78 Å². The van der Waals surface area contributed by atoms with Crippen LogP contribution in [0.4, 0.5) is 10.5 Å². The summed E-state index contributed by atoms with van der Waals surface area (Å²) in [6.45, 7) is 6.94. The van der Waals surface area contributed by atoms with Crippen molar-refractivity contribution in [3.63, 3.8) is 0 Å². The molecule has 1 amide bonds. The zero-order valence-electron chi connectivity index (χ0n) is 20.4. The molecule has 0 unspecified atom stereocenters. The number of carboxylic acid groups (broad SMARTS) is 1. The molecular weight excluding hydrogens is 440 g/mol. The molecule has 4 heterocycles. The Morgan fingerprint density at radius 2 is 1.89 bits per heavy atom. The highest BCUT2D eigenvalue weighted by atomic mass is 16.5. The third-order valence-corrected chi connectivity index (χ3v) is 8.38. The highest BCUT2D eigenvalue weighted by molar-refractivity contribution is 5.94. The molecule has 0 radical (unpaired) electrons. The largest absolute Gasteiger partial charge is 0.465 e. The van der Waals surface area contributed by atoms with Gasteiger partial charge in [-0.1, -0.05) is 30.3 Å². The van der Waals surface area contributed by atoms with E-state index < -0.39 is 6.09 Å². The molecule has 2 saturated heterocycles. The average Bonchev–Trinajstić information content (AvgIpc) is 3.19. The fourth-order valence-corrected chi connectivity index (χ4v) is 6.14. The summed E-state index contributed by atoms with van der Waals surface area (Å²) < 4.78 is 8.27. The number of likely N-dealkylation sites (tertiary alicyclic amines) is 1. The third kappa shape index (κ3) is 4.10. The van der Waals surface area contributed by atoms with Crippen LogP contribution in [0.2, 0.25) is 0 Å². The number of hydrogen-bond acceptors (Lipinski definition) is 4. The number of benzene rings is 2. The Balaban J connectivity index is 1.32. The fourth-order valence-electron chi connectivity index (χ4n) is 6.14. The number of nitrogens with zero attached hydrogens (tertiary/aromatic N) is 4. The predicted octanol–water partition coefficient (Wildman–Crippen LogP) is 4.70. The van der Waals surface area contributed by atoms with Gasteiger partial charge < -0.3 is 19.3 Å². The number of anilines is 1. The van der Waals surface area contributed by atoms with Crippen LogP contribution in [-0.2, 0) is 24.1 Å². The molecule has 7 heteroatoms. The lowest BCUT2D eigenvalue weighted by Gasteiger charge is -2.47. The van der Waals surface area contributed by atoms with Gasteiger partial charge in [-0.3, -0.25) is 4.90 Å². The second-order valence-corrected chi connectivity index (χ2v) is 10.4. The highest BCUT2D eigenvalue weighted by Gasteiger charge is 2.41. The monoisotopic (exact) mass is 474 g/mol. The molecule has 3 aliphatic heterocycles. The molecular formula is C28H34N4O3. The van der Waals surface area contributed by atoms with E-state index in [4.69, 9.17) is 9.72 Å². The van der Waals surface area contributed by atoms with Gasteiger partial charge in [0.1, 0.15) is 5.82 Å². The Bertz CT molecular complexity index is 1220. The minimum absolute atomic E-state index is 0.0228. The molecule has 2 aromatic carbocycles. The first kappa shape index (κ1) is 22.6. The van der Waals surface area contributed by atoms with E-state index in [2.05, 4.69) is 39.8 Å². The Morgan fingerprint density at radius 3 is 2.57 bits per heavy atom. The summed E-state index contributed by atoms with van der Waals surface area (Å²) in [7, 11) is 0. The van der Waals surface area contributed by atoms with Crippen LogP contribution in [0.1, 0.15) is 49.6 Å². The first-order chi connectivity index (χ1) is 17.0.